The Morgan fingerprint density at radius 1 is 0.903 bits per heavy atom. The van der Waals surface area contributed by atoms with Gasteiger partial charge in [0.2, 0.25) is 0 Å². The molecule has 1 aromatic heterocycles. The summed E-state index contributed by atoms with van der Waals surface area (Å²) in [6.45, 7) is 4.13. The molecule has 3 aromatic carbocycles. The average Bonchev–Trinajstić information content (AvgIpc) is 3.22. The van der Waals surface area contributed by atoms with Crippen LogP contribution in [0.4, 0.5) is 5.69 Å². The Bertz CT molecular complexity index is 1240. The molecule has 2 heterocycles. The number of thiazole rings is 1. The van der Waals surface area contributed by atoms with Gasteiger partial charge in [0, 0.05) is 17.5 Å². The summed E-state index contributed by atoms with van der Waals surface area (Å²) in [6, 6.07) is 25.1. The maximum atomic E-state index is 5.81. The summed E-state index contributed by atoms with van der Waals surface area (Å²) in [5.74, 6) is 1.62. The third-order valence-electron chi connectivity index (χ3n) is 5.36. The van der Waals surface area contributed by atoms with Crippen LogP contribution in [0.5, 0.6) is 11.5 Å². The van der Waals surface area contributed by atoms with Gasteiger partial charge in [-0.15, -0.1) is 11.3 Å². The highest BCUT2D eigenvalue weighted by molar-refractivity contribution is 7.07. The van der Waals surface area contributed by atoms with Crippen molar-refractivity contribution >= 4 is 17.0 Å². The van der Waals surface area contributed by atoms with Gasteiger partial charge < -0.3 is 14.0 Å². The fraction of sp³-hybridized carbons (Fsp3) is 0.192. The van der Waals surface area contributed by atoms with Crippen LogP contribution in [0.2, 0.25) is 0 Å². The topological polar surface area (TPSA) is 35.8 Å². The van der Waals surface area contributed by atoms with Crippen LogP contribution in [-0.4, -0.2) is 17.8 Å². The van der Waals surface area contributed by atoms with E-state index in [1.54, 1.807) is 11.3 Å². The van der Waals surface area contributed by atoms with Crippen LogP contribution in [0.15, 0.2) is 83.2 Å². The Balaban J connectivity index is 1.55. The third-order valence-corrected chi connectivity index (χ3v) is 6.22. The predicted octanol–water partition coefficient (Wildman–Crippen LogP) is 5.77. The molecular formula is C26H24N2O2S. The summed E-state index contributed by atoms with van der Waals surface area (Å²) >= 11 is 1.67. The highest BCUT2D eigenvalue weighted by Gasteiger charge is 2.15. The number of ether oxygens (including phenoxy) is 2. The average molecular weight is 429 g/mol. The van der Waals surface area contributed by atoms with E-state index in [0.29, 0.717) is 13.2 Å². The molecule has 0 saturated carbocycles. The fourth-order valence-corrected chi connectivity index (χ4v) is 4.64. The fourth-order valence-electron chi connectivity index (χ4n) is 3.68. The highest BCUT2D eigenvalue weighted by atomic mass is 32.1. The van der Waals surface area contributed by atoms with E-state index in [4.69, 9.17) is 14.5 Å². The summed E-state index contributed by atoms with van der Waals surface area (Å²) in [5.41, 5.74) is 5.77. The van der Waals surface area contributed by atoms with Crippen LogP contribution < -0.4 is 14.3 Å². The van der Waals surface area contributed by atoms with Crippen LogP contribution in [-0.2, 0) is 13.0 Å². The van der Waals surface area contributed by atoms with E-state index >= 15 is 0 Å². The first-order valence-corrected chi connectivity index (χ1v) is 11.4. The Hall–Kier alpha value is -3.31. The first-order chi connectivity index (χ1) is 15.3. The zero-order valence-corrected chi connectivity index (χ0v) is 18.3. The first kappa shape index (κ1) is 19.6. The van der Waals surface area contributed by atoms with Crippen molar-refractivity contribution in [3.63, 3.8) is 0 Å². The largest absolute Gasteiger partial charge is 0.486 e. The Morgan fingerprint density at radius 2 is 1.68 bits per heavy atom. The van der Waals surface area contributed by atoms with Gasteiger partial charge in [-0.25, -0.2) is 4.99 Å². The van der Waals surface area contributed by atoms with Crippen LogP contribution in [0.3, 0.4) is 0 Å². The molecule has 0 bridgehead atoms. The smallest absolute Gasteiger partial charge is 0.190 e. The number of benzene rings is 3. The van der Waals surface area contributed by atoms with Crippen molar-refractivity contribution in [3.05, 3.63) is 94.1 Å². The second kappa shape index (κ2) is 8.82. The van der Waals surface area contributed by atoms with Gasteiger partial charge in [0.25, 0.3) is 0 Å². The SMILES string of the molecule is Cc1ccc(N=c2scc(-c3ccc4c(c3)OCCO4)n2CCc2ccccc2)cc1. The van der Waals surface area contributed by atoms with Crippen molar-refractivity contribution in [2.45, 2.75) is 19.9 Å². The van der Waals surface area contributed by atoms with Crippen molar-refractivity contribution in [1.29, 1.82) is 0 Å². The number of rotatable bonds is 5. The summed E-state index contributed by atoms with van der Waals surface area (Å²) in [6.07, 6.45) is 0.941. The van der Waals surface area contributed by atoms with Crippen LogP contribution >= 0.6 is 11.3 Å². The molecular weight excluding hydrogens is 404 g/mol. The van der Waals surface area contributed by atoms with Crippen LogP contribution in [0.25, 0.3) is 11.3 Å². The van der Waals surface area contributed by atoms with Gasteiger partial charge in [-0.3, -0.25) is 0 Å². The molecule has 4 aromatic rings. The van der Waals surface area contributed by atoms with Gasteiger partial charge in [0.15, 0.2) is 16.3 Å². The van der Waals surface area contributed by atoms with Gasteiger partial charge in [0.05, 0.1) is 11.4 Å². The van der Waals surface area contributed by atoms with E-state index in [0.717, 1.165) is 46.2 Å². The second-order valence-corrected chi connectivity index (χ2v) is 8.43. The van der Waals surface area contributed by atoms with E-state index in [9.17, 15) is 0 Å². The number of aryl methyl sites for hydroxylation is 2. The molecule has 0 radical (unpaired) electrons. The lowest BCUT2D eigenvalue weighted by Crippen LogP contribution is -2.18. The first-order valence-electron chi connectivity index (χ1n) is 10.5. The highest BCUT2D eigenvalue weighted by Crippen LogP contribution is 2.34. The zero-order chi connectivity index (χ0) is 21.0. The standard InChI is InChI=1S/C26H24N2O2S/c1-19-7-10-22(11-8-19)27-26-28(14-13-20-5-3-2-4-6-20)23(18-31-26)21-9-12-24-25(17-21)30-16-15-29-24/h2-12,17-18H,13-16H2,1H3. The van der Waals surface area contributed by atoms with E-state index in [1.165, 1.54) is 11.1 Å². The molecule has 0 amide bonds. The Kier molecular flexibility index (Phi) is 5.59. The van der Waals surface area contributed by atoms with Crippen molar-refractivity contribution in [2.75, 3.05) is 13.2 Å². The molecule has 1 aliphatic heterocycles. The number of nitrogens with zero attached hydrogens (tertiary/aromatic N) is 2. The maximum Gasteiger partial charge on any atom is 0.190 e. The lowest BCUT2D eigenvalue weighted by Gasteiger charge is -2.19. The van der Waals surface area contributed by atoms with Gasteiger partial charge in [0.1, 0.15) is 13.2 Å². The summed E-state index contributed by atoms with van der Waals surface area (Å²) in [7, 11) is 0. The Morgan fingerprint density at radius 3 is 2.48 bits per heavy atom. The Labute approximate surface area is 186 Å². The monoisotopic (exact) mass is 428 g/mol. The van der Waals surface area contributed by atoms with Crippen molar-refractivity contribution in [2.24, 2.45) is 4.99 Å². The number of aromatic nitrogens is 1. The van der Waals surface area contributed by atoms with Crippen LogP contribution in [0.1, 0.15) is 11.1 Å². The number of fused-ring (bicyclic) bond motifs is 1. The van der Waals surface area contributed by atoms with Gasteiger partial charge >= 0.3 is 0 Å². The molecule has 4 nitrogen and oxygen atoms in total. The normalized spacial score (nSPS) is 13.4. The van der Waals surface area contributed by atoms with Crippen molar-refractivity contribution < 1.29 is 9.47 Å². The predicted molar refractivity (Wildman–Crippen MR) is 125 cm³/mol. The van der Waals surface area contributed by atoms with Crippen molar-refractivity contribution in [3.8, 4) is 22.8 Å². The van der Waals surface area contributed by atoms with Gasteiger partial charge in [-0.1, -0.05) is 48.0 Å². The minimum Gasteiger partial charge on any atom is -0.486 e. The number of hydrogen-bond acceptors (Lipinski definition) is 4. The molecule has 0 fully saturated rings. The molecule has 31 heavy (non-hydrogen) atoms. The third kappa shape index (κ3) is 4.42. The molecule has 0 aliphatic carbocycles. The van der Waals surface area contributed by atoms with Gasteiger partial charge in [-0.05, 0) is 49.2 Å². The molecule has 0 saturated heterocycles. The summed E-state index contributed by atoms with van der Waals surface area (Å²) in [4.78, 5) is 5.94. The van der Waals surface area contributed by atoms with E-state index in [1.807, 2.05) is 6.07 Å². The van der Waals surface area contributed by atoms with E-state index < -0.39 is 0 Å². The second-order valence-electron chi connectivity index (χ2n) is 7.60. The minimum atomic E-state index is 0.585. The molecule has 5 heteroatoms. The molecule has 0 unspecified atom stereocenters. The van der Waals surface area contributed by atoms with Gasteiger partial charge in [-0.2, -0.15) is 0 Å². The lowest BCUT2D eigenvalue weighted by atomic mass is 10.1. The van der Waals surface area contributed by atoms with Crippen molar-refractivity contribution in [1.82, 2.24) is 4.57 Å². The molecule has 0 spiro atoms. The van der Waals surface area contributed by atoms with Crippen LogP contribution in [0, 0.1) is 6.92 Å². The zero-order valence-electron chi connectivity index (χ0n) is 17.5. The summed E-state index contributed by atoms with van der Waals surface area (Å²) in [5, 5.41) is 2.18. The molecule has 0 N–H and O–H groups in total. The molecule has 0 atom stereocenters. The number of hydrogen-bond donors (Lipinski definition) is 0. The minimum absolute atomic E-state index is 0.585. The molecule has 5 rings (SSSR count). The van der Waals surface area contributed by atoms with E-state index in [2.05, 4.69) is 83.6 Å². The maximum absolute atomic E-state index is 5.81. The van der Waals surface area contributed by atoms with E-state index in [-0.39, 0.29) is 0 Å². The summed E-state index contributed by atoms with van der Waals surface area (Å²) < 4.78 is 13.8. The lowest BCUT2D eigenvalue weighted by molar-refractivity contribution is 0.171. The molecule has 1 aliphatic rings. The molecule has 156 valence electrons. The quantitative estimate of drug-likeness (QED) is 0.404.